The lowest BCUT2D eigenvalue weighted by atomic mass is 10.2. The second-order valence-electron chi connectivity index (χ2n) is 5.06. The van der Waals surface area contributed by atoms with Crippen LogP contribution in [0.5, 0.6) is 5.75 Å². The number of carbonyl (C=O) groups excluding carboxylic acids is 1. The van der Waals surface area contributed by atoms with Crippen molar-refractivity contribution >= 4 is 30.0 Å². The summed E-state index contributed by atoms with van der Waals surface area (Å²) in [5, 5.41) is 11.9. The monoisotopic (exact) mass is 328 g/mol. The second kappa shape index (κ2) is 8.60. The molecule has 0 saturated carbocycles. The summed E-state index contributed by atoms with van der Waals surface area (Å²) < 4.78 is 5.09. The third kappa shape index (κ3) is 4.89. The number of halogens is 1. The number of benzene rings is 1. The number of likely N-dealkylation sites (tertiary alicyclic amines) is 1. The zero-order valence-electron chi connectivity index (χ0n) is 12.4. The van der Waals surface area contributed by atoms with Gasteiger partial charge in [0, 0.05) is 24.7 Å². The van der Waals surface area contributed by atoms with Gasteiger partial charge in [-0.3, -0.25) is 14.5 Å². The highest BCUT2D eigenvalue weighted by Crippen LogP contribution is 2.19. The van der Waals surface area contributed by atoms with Crippen molar-refractivity contribution in [1.82, 2.24) is 4.90 Å². The molecule has 1 aliphatic heterocycles. The lowest BCUT2D eigenvalue weighted by Gasteiger charge is -2.20. The van der Waals surface area contributed by atoms with Crippen molar-refractivity contribution in [3.05, 3.63) is 24.3 Å². The van der Waals surface area contributed by atoms with Gasteiger partial charge in [0.2, 0.25) is 5.91 Å². The second-order valence-corrected chi connectivity index (χ2v) is 5.06. The number of anilines is 1. The number of hydrogen-bond acceptors (Lipinski definition) is 4. The molecule has 6 nitrogen and oxygen atoms in total. The number of carboxylic acid groups (broad SMARTS) is 1. The number of methoxy groups -OCH3 is 1. The van der Waals surface area contributed by atoms with E-state index in [1.54, 1.807) is 31.4 Å². The molecule has 1 fully saturated rings. The van der Waals surface area contributed by atoms with Gasteiger partial charge in [0.05, 0.1) is 7.11 Å². The van der Waals surface area contributed by atoms with Gasteiger partial charge < -0.3 is 15.2 Å². The van der Waals surface area contributed by atoms with Crippen molar-refractivity contribution < 1.29 is 19.4 Å². The van der Waals surface area contributed by atoms with Gasteiger partial charge >= 0.3 is 5.97 Å². The summed E-state index contributed by atoms with van der Waals surface area (Å²) in [5.74, 6) is -0.252. The minimum absolute atomic E-state index is 0. The lowest BCUT2D eigenvalue weighted by molar-refractivity contribution is -0.142. The number of amides is 1. The Balaban J connectivity index is 0.00000242. The van der Waals surface area contributed by atoms with Crippen molar-refractivity contribution in [2.75, 3.05) is 25.5 Å². The van der Waals surface area contributed by atoms with E-state index in [0.29, 0.717) is 24.4 Å². The molecule has 2 rings (SSSR count). The number of nitrogens with one attached hydrogen (secondary N) is 1. The van der Waals surface area contributed by atoms with E-state index in [0.717, 1.165) is 13.0 Å². The first-order valence-electron chi connectivity index (χ1n) is 7.01. The molecule has 0 aromatic heterocycles. The lowest BCUT2D eigenvalue weighted by Crippen LogP contribution is -2.37. The minimum atomic E-state index is -0.805. The maximum atomic E-state index is 11.9. The Hall–Kier alpha value is -1.79. The Labute approximate surface area is 135 Å². The van der Waals surface area contributed by atoms with Gasteiger partial charge in [-0.1, -0.05) is 6.07 Å². The molecule has 1 saturated heterocycles. The van der Waals surface area contributed by atoms with Crippen LogP contribution in [0.4, 0.5) is 5.69 Å². The fourth-order valence-electron chi connectivity index (χ4n) is 2.54. The quantitative estimate of drug-likeness (QED) is 0.835. The molecule has 1 aliphatic rings. The Morgan fingerprint density at radius 1 is 1.45 bits per heavy atom. The topological polar surface area (TPSA) is 78.9 Å². The molecule has 1 aromatic carbocycles. The molecule has 1 atom stereocenters. The van der Waals surface area contributed by atoms with Gasteiger partial charge in [0.15, 0.2) is 0 Å². The average Bonchev–Trinajstić information content (AvgIpc) is 2.94. The predicted molar refractivity (Wildman–Crippen MR) is 85.7 cm³/mol. The van der Waals surface area contributed by atoms with Gasteiger partial charge in [-0.2, -0.15) is 0 Å². The van der Waals surface area contributed by atoms with E-state index < -0.39 is 12.0 Å². The number of ether oxygens (including phenoxy) is 1. The molecule has 0 spiro atoms. The highest BCUT2D eigenvalue weighted by molar-refractivity contribution is 5.91. The molecule has 22 heavy (non-hydrogen) atoms. The number of nitrogens with zero attached hydrogens (tertiary/aromatic N) is 1. The van der Waals surface area contributed by atoms with Crippen LogP contribution in [0, 0.1) is 0 Å². The van der Waals surface area contributed by atoms with Gasteiger partial charge in [0.1, 0.15) is 11.8 Å². The average molecular weight is 329 g/mol. The molecule has 1 aromatic rings. The van der Waals surface area contributed by atoms with Crippen molar-refractivity contribution in [1.29, 1.82) is 0 Å². The number of carboxylic acids is 1. The number of rotatable bonds is 6. The Bertz CT molecular complexity index is 524. The third-order valence-corrected chi connectivity index (χ3v) is 3.63. The molecule has 0 radical (unpaired) electrons. The van der Waals surface area contributed by atoms with Crippen LogP contribution in [-0.4, -0.2) is 48.1 Å². The van der Waals surface area contributed by atoms with Crippen molar-refractivity contribution in [2.24, 2.45) is 0 Å². The summed E-state index contributed by atoms with van der Waals surface area (Å²) in [7, 11) is 1.57. The number of aliphatic carboxylic acids is 1. The summed E-state index contributed by atoms with van der Waals surface area (Å²) >= 11 is 0. The van der Waals surface area contributed by atoms with E-state index in [-0.39, 0.29) is 24.7 Å². The van der Waals surface area contributed by atoms with Crippen LogP contribution >= 0.6 is 12.4 Å². The third-order valence-electron chi connectivity index (χ3n) is 3.63. The fourth-order valence-corrected chi connectivity index (χ4v) is 2.54. The number of hydrogen-bond donors (Lipinski definition) is 2. The van der Waals surface area contributed by atoms with E-state index in [9.17, 15) is 9.59 Å². The van der Waals surface area contributed by atoms with Crippen molar-refractivity contribution in [3.63, 3.8) is 0 Å². The zero-order valence-corrected chi connectivity index (χ0v) is 13.3. The first kappa shape index (κ1) is 18.3. The van der Waals surface area contributed by atoms with Crippen LogP contribution in [-0.2, 0) is 9.59 Å². The fraction of sp³-hybridized carbons (Fsp3) is 0.467. The first-order chi connectivity index (χ1) is 10.1. The maximum absolute atomic E-state index is 11.9. The summed E-state index contributed by atoms with van der Waals surface area (Å²) in [6, 6.07) is 6.69. The van der Waals surface area contributed by atoms with Gasteiger partial charge in [-0.25, -0.2) is 0 Å². The standard InChI is InChI=1S/C15H20N2O4.ClH/c1-21-12-5-2-4-11(10-12)16-14(18)7-9-17-8-3-6-13(17)15(19)20;/h2,4-5,10,13H,3,6-9H2,1H3,(H,16,18)(H,19,20);1H/t13-;/m0./s1. The molecule has 7 heteroatoms. The highest BCUT2D eigenvalue weighted by Gasteiger charge is 2.30. The SMILES string of the molecule is COc1cccc(NC(=O)CCN2CCC[C@H]2C(=O)O)c1.Cl. The molecule has 0 aliphatic carbocycles. The normalized spacial score (nSPS) is 17.6. The van der Waals surface area contributed by atoms with Crippen LogP contribution in [0.15, 0.2) is 24.3 Å². The summed E-state index contributed by atoms with van der Waals surface area (Å²) in [6.07, 6.45) is 1.81. The Kier molecular flexibility index (Phi) is 7.14. The molecular formula is C15H21ClN2O4. The van der Waals surface area contributed by atoms with E-state index >= 15 is 0 Å². The van der Waals surface area contributed by atoms with Crippen LogP contribution in [0.1, 0.15) is 19.3 Å². The van der Waals surface area contributed by atoms with Gasteiger partial charge in [-0.05, 0) is 31.5 Å². The molecule has 122 valence electrons. The Morgan fingerprint density at radius 2 is 2.23 bits per heavy atom. The van der Waals surface area contributed by atoms with E-state index in [1.807, 2.05) is 4.90 Å². The van der Waals surface area contributed by atoms with E-state index in [1.165, 1.54) is 0 Å². The number of carbonyl (C=O) groups is 2. The minimum Gasteiger partial charge on any atom is -0.497 e. The van der Waals surface area contributed by atoms with Crippen LogP contribution in [0.2, 0.25) is 0 Å². The molecule has 2 N–H and O–H groups in total. The largest absolute Gasteiger partial charge is 0.497 e. The molecule has 1 amide bonds. The van der Waals surface area contributed by atoms with Crippen LogP contribution < -0.4 is 10.1 Å². The first-order valence-corrected chi connectivity index (χ1v) is 7.01. The predicted octanol–water partition coefficient (Wildman–Crippen LogP) is 1.99. The maximum Gasteiger partial charge on any atom is 0.320 e. The van der Waals surface area contributed by atoms with Crippen LogP contribution in [0.25, 0.3) is 0 Å². The molecular weight excluding hydrogens is 308 g/mol. The summed E-state index contributed by atoms with van der Waals surface area (Å²) in [5.41, 5.74) is 0.676. The smallest absolute Gasteiger partial charge is 0.320 e. The summed E-state index contributed by atoms with van der Waals surface area (Å²) in [4.78, 5) is 24.8. The van der Waals surface area contributed by atoms with E-state index in [2.05, 4.69) is 5.32 Å². The van der Waals surface area contributed by atoms with Gasteiger partial charge in [0.25, 0.3) is 0 Å². The molecule has 1 heterocycles. The summed E-state index contributed by atoms with van der Waals surface area (Å²) in [6.45, 7) is 1.20. The molecule has 0 unspecified atom stereocenters. The van der Waals surface area contributed by atoms with E-state index in [4.69, 9.17) is 9.84 Å². The van der Waals surface area contributed by atoms with Gasteiger partial charge in [-0.15, -0.1) is 12.4 Å². The molecule has 0 bridgehead atoms. The van der Waals surface area contributed by atoms with Crippen molar-refractivity contribution in [3.8, 4) is 5.75 Å². The highest BCUT2D eigenvalue weighted by atomic mass is 35.5. The zero-order chi connectivity index (χ0) is 15.2. The van der Waals surface area contributed by atoms with Crippen LogP contribution in [0.3, 0.4) is 0 Å². The van der Waals surface area contributed by atoms with Crippen molar-refractivity contribution in [2.45, 2.75) is 25.3 Å². The Morgan fingerprint density at radius 3 is 2.91 bits per heavy atom.